The monoisotopic (exact) mass is 220 g/mol. The quantitative estimate of drug-likeness (QED) is 0.465. The maximum absolute atomic E-state index is 13.3. The van der Waals surface area contributed by atoms with E-state index >= 15 is 0 Å². The van der Waals surface area contributed by atoms with Crippen molar-refractivity contribution < 1.29 is 17.6 Å². The molecule has 0 fully saturated rings. The molecule has 1 aliphatic carbocycles. The molecule has 0 amide bonds. The van der Waals surface area contributed by atoms with Crippen molar-refractivity contribution in [2.24, 2.45) is 0 Å². The summed E-state index contributed by atoms with van der Waals surface area (Å²) < 4.78 is 50.5. The Morgan fingerprint density at radius 2 is 1.33 bits per heavy atom. The molecule has 0 aromatic rings. The lowest BCUT2D eigenvalue weighted by molar-refractivity contribution is -0.0916. The maximum Gasteiger partial charge on any atom is 0.419 e. The van der Waals surface area contributed by atoms with Crippen LogP contribution in [0.4, 0.5) is 17.6 Å². The van der Waals surface area contributed by atoms with Gasteiger partial charge in [0.2, 0.25) is 0 Å². The third-order valence-corrected chi connectivity index (χ3v) is 2.21. The van der Waals surface area contributed by atoms with Crippen LogP contribution in [0.5, 0.6) is 0 Å². The average molecular weight is 220 g/mol. The van der Waals surface area contributed by atoms with Gasteiger partial charge in [0.25, 0.3) is 0 Å². The molecule has 0 spiro atoms. The van der Waals surface area contributed by atoms with Gasteiger partial charge >= 0.3 is 6.18 Å². The summed E-state index contributed by atoms with van der Waals surface area (Å²) >= 11 is 0. The maximum atomic E-state index is 13.3. The van der Waals surface area contributed by atoms with E-state index in [9.17, 15) is 17.6 Å². The van der Waals surface area contributed by atoms with Gasteiger partial charge in [-0.15, -0.1) is 0 Å². The Bertz CT molecular complexity index is 412. The van der Waals surface area contributed by atoms with Crippen LogP contribution in [0, 0.1) is 10.8 Å². The first-order valence-corrected chi connectivity index (χ1v) is 4.01. The summed E-state index contributed by atoms with van der Waals surface area (Å²) in [6, 6.07) is 0. The largest absolute Gasteiger partial charge is 0.419 e. The number of allylic oxidation sites excluding steroid dienone is 4. The van der Waals surface area contributed by atoms with Crippen molar-refractivity contribution in [3.63, 3.8) is 0 Å². The molecule has 0 unspecified atom stereocenters. The van der Waals surface area contributed by atoms with Crippen LogP contribution in [0.25, 0.3) is 0 Å². The molecule has 82 valence electrons. The van der Waals surface area contributed by atoms with E-state index in [4.69, 9.17) is 10.8 Å². The van der Waals surface area contributed by atoms with Gasteiger partial charge in [0.1, 0.15) is 5.83 Å². The average Bonchev–Trinajstić information content (AvgIpc) is 2.09. The first kappa shape index (κ1) is 11.6. The zero-order valence-electron chi connectivity index (χ0n) is 8.01. The molecule has 1 rings (SSSR count). The molecule has 0 aromatic heterocycles. The second-order valence-electron chi connectivity index (χ2n) is 3.19. The molecule has 0 aromatic carbocycles. The summed E-state index contributed by atoms with van der Waals surface area (Å²) in [5, 5.41) is 14.5. The molecule has 0 radical (unpaired) electrons. The fraction of sp³-hybridized carbons (Fsp3) is 0.333. The van der Waals surface area contributed by atoms with Crippen LogP contribution in [-0.2, 0) is 0 Å². The molecule has 2 nitrogen and oxygen atoms in total. The Kier molecular flexibility index (Phi) is 2.54. The van der Waals surface area contributed by atoms with Crippen LogP contribution < -0.4 is 0 Å². The molecule has 0 atom stereocenters. The molecular formula is C9H8F4N2. The fourth-order valence-electron chi connectivity index (χ4n) is 1.30. The molecule has 6 heteroatoms. The van der Waals surface area contributed by atoms with Gasteiger partial charge in [-0.25, -0.2) is 4.39 Å². The van der Waals surface area contributed by atoms with Crippen molar-refractivity contribution in [3.8, 4) is 0 Å². The van der Waals surface area contributed by atoms with Crippen molar-refractivity contribution >= 4 is 11.4 Å². The summed E-state index contributed by atoms with van der Waals surface area (Å²) in [4.78, 5) is 0. The molecule has 15 heavy (non-hydrogen) atoms. The Morgan fingerprint density at radius 1 is 0.933 bits per heavy atom. The lowest BCUT2D eigenvalue weighted by Gasteiger charge is -2.21. The first-order chi connectivity index (χ1) is 6.68. The second-order valence-corrected chi connectivity index (χ2v) is 3.19. The van der Waals surface area contributed by atoms with Gasteiger partial charge in [0, 0.05) is 5.57 Å². The minimum Gasteiger partial charge on any atom is -0.298 e. The van der Waals surface area contributed by atoms with Crippen LogP contribution in [0.2, 0.25) is 0 Å². The third-order valence-electron chi connectivity index (χ3n) is 2.21. The van der Waals surface area contributed by atoms with Crippen molar-refractivity contribution in [1.29, 1.82) is 10.8 Å². The van der Waals surface area contributed by atoms with Gasteiger partial charge in [0.15, 0.2) is 0 Å². The summed E-state index contributed by atoms with van der Waals surface area (Å²) in [6.07, 6.45) is -4.83. The van der Waals surface area contributed by atoms with Gasteiger partial charge in [-0.3, -0.25) is 10.8 Å². The highest BCUT2D eigenvalue weighted by molar-refractivity contribution is 6.52. The summed E-state index contributed by atoms with van der Waals surface area (Å²) in [6.45, 7) is 2.05. The molecule has 0 heterocycles. The van der Waals surface area contributed by atoms with Crippen molar-refractivity contribution in [2.75, 3.05) is 0 Å². The van der Waals surface area contributed by atoms with Crippen LogP contribution in [0.1, 0.15) is 13.8 Å². The zero-order valence-corrected chi connectivity index (χ0v) is 8.01. The highest BCUT2D eigenvalue weighted by atomic mass is 19.4. The van der Waals surface area contributed by atoms with E-state index < -0.39 is 40.1 Å². The van der Waals surface area contributed by atoms with E-state index in [2.05, 4.69) is 0 Å². The minimum absolute atomic E-state index is 0.446. The Hall–Kier alpha value is -1.46. The van der Waals surface area contributed by atoms with Gasteiger partial charge in [0.05, 0.1) is 17.0 Å². The third kappa shape index (κ3) is 1.71. The normalized spacial score (nSPS) is 19.1. The second kappa shape index (κ2) is 3.29. The van der Waals surface area contributed by atoms with Crippen LogP contribution >= 0.6 is 0 Å². The van der Waals surface area contributed by atoms with Gasteiger partial charge in [-0.1, -0.05) is 0 Å². The number of rotatable bonds is 0. The first-order valence-electron chi connectivity index (χ1n) is 4.01. The van der Waals surface area contributed by atoms with Crippen molar-refractivity contribution in [3.05, 3.63) is 22.5 Å². The standard InChI is InChI=1S/C9H8F4N2/c1-3-5(9(11,12)13)6(10)4(2)8(15)7(3)14/h14-15H,1-2H3. The highest BCUT2D eigenvalue weighted by Gasteiger charge is 2.42. The number of halogens is 4. The SMILES string of the molecule is CC1=C(F)C(C(F)(F)F)=C(C)C(=N)C1=N. The minimum atomic E-state index is -4.83. The Balaban J connectivity index is 3.50. The van der Waals surface area contributed by atoms with Crippen molar-refractivity contribution in [2.45, 2.75) is 20.0 Å². The zero-order chi connectivity index (χ0) is 12.0. The molecule has 0 aliphatic heterocycles. The molecule has 0 saturated heterocycles. The number of hydrogen-bond donors (Lipinski definition) is 2. The predicted molar refractivity (Wildman–Crippen MR) is 48.0 cm³/mol. The number of alkyl halides is 3. The smallest absolute Gasteiger partial charge is 0.298 e. The van der Waals surface area contributed by atoms with E-state index in [1.54, 1.807) is 0 Å². The Morgan fingerprint density at radius 3 is 1.73 bits per heavy atom. The Labute approximate surface area is 83.3 Å². The van der Waals surface area contributed by atoms with Crippen LogP contribution in [0.3, 0.4) is 0 Å². The molecule has 0 saturated carbocycles. The predicted octanol–water partition coefficient (Wildman–Crippen LogP) is 3.16. The number of hydrogen-bond acceptors (Lipinski definition) is 2. The van der Waals surface area contributed by atoms with E-state index in [-0.39, 0.29) is 0 Å². The van der Waals surface area contributed by atoms with Crippen LogP contribution in [-0.4, -0.2) is 17.6 Å². The van der Waals surface area contributed by atoms with Crippen molar-refractivity contribution in [1.82, 2.24) is 0 Å². The van der Waals surface area contributed by atoms with Gasteiger partial charge in [-0.2, -0.15) is 13.2 Å². The summed E-state index contributed by atoms with van der Waals surface area (Å²) in [5.41, 5.74) is -3.52. The summed E-state index contributed by atoms with van der Waals surface area (Å²) in [5.74, 6) is -1.46. The van der Waals surface area contributed by atoms with Crippen LogP contribution in [0.15, 0.2) is 22.5 Å². The van der Waals surface area contributed by atoms with E-state index in [1.165, 1.54) is 0 Å². The van der Waals surface area contributed by atoms with E-state index in [0.29, 0.717) is 0 Å². The highest BCUT2D eigenvalue weighted by Crippen LogP contribution is 2.38. The van der Waals surface area contributed by atoms with Gasteiger partial charge in [-0.05, 0) is 19.4 Å². The summed E-state index contributed by atoms with van der Waals surface area (Å²) in [7, 11) is 0. The lowest BCUT2D eigenvalue weighted by Crippen LogP contribution is -2.27. The lowest BCUT2D eigenvalue weighted by atomic mass is 9.89. The molecule has 1 aliphatic rings. The van der Waals surface area contributed by atoms with E-state index in [0.717, 1.165) is 13.8 Å². The number of nitrogens with one attached hydrogen (secondary N) is 2. The van der Waals surface area contributed by atoms with E-state index in [1.807, 2.05) is 0 Å². The van der Waals surface area contributed by atoms with Gasteiger partial charge < -0.3 is 0 Å². The fourth-order valence-corrected chi connectivity index (χ4v) is 1.30. The molecular weight excluding hydrogens is 212 g/mol. The molecule has 0 bridgehead atoms. The topological polar surface area (TPSA) is 47.7 Å². The molecule has 2 N–H and O–H groups in total.